The van der Waals surface area contributed by atoms with Gasteiger partial charge in [-0.1, -0.05) is 24.8 Å². The van der Waals surface area contributed by atoms with Crippen molar-refractivity contribution >= 4 is 11.9 Å². The number of hydrogen-bond donors (Lipinski definition) is 0. The van der Waals surface area contributed by atoms with Crippen LogP contribution < -0.4 is 0 Å². The molecule has 0 aromatic carbocycles. The number of aromatic nitrogens is 3. The molecule has 2 aliphatic rings. The molecule has 0 radical (unpaired) electrons. The summed E-state index contributed by atoms with van der Waals surface area (Å²) >= 11 is 0. The predicted octanol–water partition coefficient (Wildman–Crippen LogP) is 5.04. The van der Waals surface area contributed by atoms with Crippen molar-refractivity contribution in [3.05, 3.63) is 78.4 Å². The molecule has 4 rings (SSSR count). The Labute approximate surface area is 167 Å². The van der Waals surface area contributed by atoms with Gasteiger partial charge in [0, 0.05) is 31.6 Å². The average Bonchev–Trinajstić information content (AvgIpc) is 3.04. The molecular formula is C24H29N3O. The molecule has 0 spiro atoms. The molecule has 0 bridgehead atoms. The summed E-state index contributed by atoms with van der Waals surface area (Å²) in [5.41, 5.74) is 4.47. The molecule has 1 saturated carbocycles. The summed E-state index contributed by atoms with van der Waals surface area (Å²) in [6.45, 7) is 9.79. The van der Waals surface area contributed by atoms with E-state index < -0.39 is 0 Å². The molecule has 2 aliphatic carbocycles. The van der Waals surface area contributed by atoms with Gasteiger partial charge in [-0.05, 0) is 79.9 Å². The van der Waals surface area contributed by atoms with Crippen LogP contribution in [0.4, 0.5) is 0 Å². The van der Waals surface area contributed by atoms with E-state index in [1.165, 1.54) is 18.4 Å². The fourth-order valence-corrected chi connectivity index (χ4v) is 3.99. The van der Waals surface area contributed by atoms with E-state index in [0.717, 1.165) is 35.6 Å². The number of rotatable bonds is 5. The largest absolute Gasteiger partial charge is 0.294 e. The molecule has 0 saturated heterocycles. The standard InChI is InChI=1S/C19H21NO.C5H8N2/c1-3-13(2)16-10-14(11-16)4-6-18-17-8-9-20-12-15(17)5-7-19(18)21;1-5-3-4-7(2)6-5/h3,5,7-9,12,14,16,18H,1-2,4,6,10-11H2;3-4H,1-2H3. The van der Waals surface area contributed by atoms with E-state index in [0.29, 0.717) is 5.92 Å². The van der Waals surface area contributed by atoms with E-state index in [9.17, 15) is 4.79 Å². The first kappa shape index (κ1) is 20.0. The van der Waals surface area contributed by atoms with E-state index in [-0.39, 0.29) is 11.7 Å². The third-order valence-electron chi connectivity index (χ3n) is 5.77. The normalized spacial score (nSPS) is 22.5. The Kier molecular flexibility index (Phi) is 6.40. The molecule has 1 unspecified atom stereocenters. The zero-order chi connectivity index (χ0) is 20.1. The van der Waals surface area contributed by atoms with Crippen LogP contribution in [0.2, 0.25) is 0 Å². The number of ketones is 1. The number of nitrogens with zero attached hydrogens (tertiary/aromatic N) is 3. The highest BCUT2D eigenvalue weighted by Crippen LogP contribution is 2.43. The van der Waals surface area contributed by atoms with Gasteiger partial charge in [0.15, 0.2) is 5.78 Å². The fraction of sp³-hybridized carbons (Fsp3) is 0.375. The zero-order valence-corrected chi connectivity index (χ0v) is 16.8. The van der Waals surface area contributed by atoms with Gasteiger partial charge in [-0.15, -0.1) is 0 Å². The van der Waals surface area contributed by atoms with Crippen molar-refractivity contribution in [2.24, 2.45) is 18.9 Å². The van der Waals surface area contributed by atoms with Gasteiger partial charge in [0.2, 0.25) is 0 Å². The van der Waals surface area contributed by atoms with Gasteiger partial charge in [0.1, 0.15) is 0 Å². The first-order valence-corrected chi connectivity index (χ1v) is 9.91. The summed E-state index contributed by atoms with van der Waals surface area (Å²) in [5.74, 6) is 1.61. The van der Waals surface area contributed by atoms with Crippen molar-refractivity contribution in [3.8, 4) is 0 Å². The average molecular weight is 376 g/mol. The molecule has 1 fully saturated rings. The quantitative estimate of drug-likeness (QED) is 0.688. The highest BCUT2D eigenvalue weighted by Gasteiger charge is 2.32. The molecule has 1 atom stereocenters. The maximum atomic E-state index is 12.2. The van der Waals surface area contributed by atoms with Gasteiger partial charge in [0.05, 0.1) is 5.69 Å². The molecule has 28 heavy (non-hydrogen) atoms. The maximum absolute atomic E-state index is 12.2. The molecule has 2 heterocycles. The van der Waals surface area contributed by atoms with Crippen molar-refractivity contribution in [3.63, 3.8) is 0 Å². The zero-order valence-electron chi connectivity index (χ0n) is 16.8. The number of fused-ring (bicyclic) bond motifs is 1. The van der Waals surface area contributed by atoms with Crippen molar-refractivity contribution in [1.82, 2.24) is 14.8 Å². The van der Waals surface area contributed by atoms with E-state index in [2.05, 4.69) is 23.2 Å². The minimum absolute atomic E-state index is 0.0228. The van der Waals surface area contributed by atoms with E-state index in [4.69, 9.17) is 0 Å². The second-order valence-corrected chi connectivity index (χ2v) is 7.81. The van der Waals surface area contributed by atoms with Crippen LogP contribution in [0.5, 0.6) is 0 Å². The van der Waals surface area contributed by atoms with Crippen LogP contribution in [-0.4, -0.2) is 20.5 Å². The predicted molar refractivity (Wildman–Crippen MR) is 114 cm³/mol. The number of hydrogen-bond acceptors (Lipinski definition) is 3. The van der Waals surface area contributed by atoms with Crippen LogP contribution in [0.1, 0.15) is 48.4 Å². The first-order valence-electron chi connectivity index (χ1n) is 9.91. The summed E-state index contributed by atoms with van der Waals surface area (Å²) in [6.07, 6.45) is 15.5. The van der Waals surface area contributed by atoms with Crippen molar-refractivity contribution in [1.29, 1.82) is 0 Å². The number of carbonyl (C=O) groups excluding carboxylic acids is 1. The van der Waals surface area contributed by atoms with Crippen molar-refractivity contribution in [2.75, 3.05) is 0 Å². The molecule has 2 aromatic rings. The number of allylic oxidation sites excluding steroid dienone is 3. The second kappa shape index (κ2) is 8.96. The number of carbonyl (C=O) groups is 1. The van der Waals surface area contributed by atoms with Crippen molar-refractivity contribution < 1.29 is 4.79 Å². The topological polar surface area (TPSA) is 47.8 Å². The van der Waals surface area contributed by atoms with Gasteiger partial charge in [-0.2, -0.15) is 5.10 Å². The number of aryl methyl sites for hydroxylation is 2. The smallest absolute Gasteiger partial charge is 0.163 e. The van der Waals surface area contributed by atoms with Crippen LogP contribution in [0.25, 0.3) is 6.08 Å². The van der Waals surface area contributed by atoms with Gasteiger partial charge in [0.25, 0.3) is 0 Å². The van der Waals surface area contributed by atoms with E-state index >= 15 is 0 Å². The molecule has 0 amide bonds. The van der Waals surface area contributed by atoms with Gasteiger partial charge in [-0.25, -0.2) is 0 Å². The summed E-state index contributed by atoms with van der Waals surface area (Å²) in [7, 11) is 1.91. The Hall–Kier alpha value is -2.75. The third-order valence-corrected chi connectivity index (χ3v) is 5.77. The van der Waals surface area contributed by atoms with Crippen LogP contribution in [0.15, 0.2) is 61.6 Å². The Morgan fingerprint density at radius 1 is 1.29 bits per heavy atom. The molecule has 0 N–H and O–H groups in total. The fourth-order valence-electron chi connectivity index (χ4n) is 3.99. The monoisotopic (exact) mass is 375 g/mol. The molecule has 146 valence electrons. The highest BCUT2D eigenvalue weighted by molar-refractivity contribution is 6.01. The second-order valence-electron chi connectivity index (χ2n) is 7.81. The lowest BCUT2D eigenvalue weighted by Gasteiger charge is -2.36. The van der Waals surface area contributed by atoms with E-state index in [1.54, 1.807) is 17.0 Å². The minimum Gasteiger partial charge on any atom is -0.294 e. The Morgan fingerprint density at radius 2 is 2.07 bits per heavy atom. The SMILES string of the molecule is C=CC(=C)C1CC(CCC2C(=O)C=Cc3cnccc32)C1.Cc1ccn(C)n1. The Bertz CT molecular complexity index is 870. The molecule has 0 aliphatic heterocycles. The summed E-state index contributed by atoms with van der Waals surface area (Å²) in [4.78, 5) is 16.3. The minimum atomic E-state index is 0.0228. The molecule has 4 heteroatoms. The van der Waals surface area contributed by atoms with Gasteiger partial charge in [-0.3, -0.25) is 14.5 Å². The first-order chi connectivity index (χ1) is 13.5. The lowest BCUT2D eigenvalue weighted by molar-refractivity contribution is -0.116. The summed E-state index contributed by atoms with van der Waals surface area (Å²) in [5, 5.41) is 4.03. The Morgan fingerprint density at radius 3 is 2.68 bits per heavy atom. The van der Waals surface area contributed by atoms with Gasteiger partial charge >= 0.3 is 0 Å². The van der Waals surface area contributed by atoms with Crippen molar-refractivity contribution in [2.45, 2.75) is 38.5 Å². The van der Waals surface area contributed by atoms with Gasteiger partial charge < -0.3 is 0 Å². The summed E-state index contributed by atoms with van der Waals surface area (Å²) < 4.78 is 1.79. The molecule has 2 aromatic heterocycles. The molecular weight excluding hydrogens is 346 g/mol. The molecule has 4 nitrogen and oxygen atoms in total. The van der Waals surface area contributed by atoms with Crippen LogP contribution in [0.3, 0.4) is 0 Å². The maximum Gasteiger partial charge on any atom is 0.163 e. The summed E-state index contributed by atoms with van der Waals surface area (Å²) in [6, 6.07) is 3.96. The van der Waals surface area contributed by atoms with E-state index in [1.807, 2.05) is 50.6 Å². The third kappa shape index (κ3) is 4.75. The highest BCUT2D eigenvalue weighted by atomic mass is 16.1. The Balaban J connectivity index is 0.000000271. The van der Waals surface area contributed by atoms with Crippen LogP contribution in [0, 0.1) is 18.8 Å². The van der Waals surface area contributed by atoms with Crippen LogP contribution >= 0.6 is 0 Å². The van der Waals surface area contributed by atoms with Crippen LogP contribution in [-0.2, 0) is 11.8 Å². The lowest BCUT2D eigenvalue weighted by Crippen LogP contribution is -2.26. The number of pyridine rings is 1. The lowest BCUT2D eigenvalue weighted by atomic mass is 9.68.